The zero-order chi connectivity index (χ0) is 11.3. The summed E-state index contributed by atoms with van der Waals surface area (Å²) in [6, 6.07) is 5.93. The Kier molecular flexibility index (Phi) is 4.86. The van der Waals surface area contributed by atoms with E-state index in [1.807, 2.05) is 12.1 Å². The molecule has 2 N–H and O–H groups in total. The first-order valence-corrected chi connectivity index (χ1v) is 5.66. The Bertz CT molecular complexity index is 286. The Morgan fingerprint density at radius 2 is 1.40 bits per heavy atom. The molecule has 0 aliphatic heterocycles. The number of hydrogen-bond donors (Lipinski definition) is 2. The second-order valence-electron chi connectivity index (χ2n) is 3.96. The van der Waals surface area contributed by atoms with Crippen molar-refractivity contribution in [3.05, 3.63) is 29.3 Å². The molecule has 0 saturated carbocycles. The third-order valence-electron chi connectivity index (χ3n) is 2.45. The highest BCUT2D eigenvalue weighted by Gasteiger charge is 2.12. The average Bonchev–Trinajstić information content (AvgIpc) is 2.18. The van der Waals surface area contributed by atoms with Crippen molar-refractivity contribution in [3.63, 3.8) is 0 Å². The van der Waals surface area contributed by atoms with Crippen LogP contribution < -0.4 is 5.46 Å². The molecule has 15 heavy (non-hydrogen) atoms. The molecule has 0 aromatic heterocycles. The van der Waals surface area contributed by atoms with Crippen LogP contribution in [0, 0.1) is 0 Å². The van der Waals surface area contributed by atoms with Crippen LogP contribution >= 0.6 is 0 Å². The third kappa shape index (κ3) is 3.69. The van der Waals surface area contributed by atoms with Gasteiger partial charge in [-0.15, -0.1) is 0 Å². The highest BCUT2D eigenvalue weighted by Crippen LogP contribution is 2.08. The Labute approximate surface area is 92.1 Å². The van der Waals surface area contributed by atoms with Crippen molar-refractivity contribution in [2.24, 2.45) is 0 Å². The zero-order valence-electron chi connectivity index (χ0n) is 9.53. The maximum atomic E-state index is 9.16. The van der Waals surface area contributed by atoms with Gasteiger partial charge in [0, 0.05) is 0 Å². The van der Waals surface area contributed by atoms with Crippen molar-refractivity contribution in [2.45, 2.75) is 39.5 Å². The Morgan fingerprint density at radius 3 is 1.73 bits per heavy atom. The van der Waals surface area contributed by atoms with Crippen LogP contribution in [0.5, 0.6) is 0 Å². The van der Waals surface area contributed by atoms with Crippen LogP contribution in [0.1, 0.15) is 37.8 Å². The highest BCUT2D eigenvalue weighted by atomic mass is 16.4. The molecule has 0 aliphatic rings. The highest BCUT2D eigenvalue weighted by molar-refractivity contribution is 6.58. The predicted octanol–water partition coefficient (Wildman–Crippen LogP) is 1.27. The summed E-state index contributed by atoms with van der Waals surface area (Å²) in [6.45, 7) is 4.25. The maximum absolute atomic E-state index is 9.16. The van der Waals surface area contributed by atoms with Crippen LogP contribution in [0.2, 0.25) is 0 Å². The summed E-state index contributed by atoms with van der Waals surface area (Å²) in [6.07, 6.45) is 4.15. The molecule has 1 aromatic rings. The molecule has 2 nitrogen and oxygen atoms in total. The van der Waals surface area contributed by atoms with Gasteiger partial charge in [-0.3, -0.25) is 0 Å². The second-order valence-corrected chi connectivity index (χ2v) is 3.96. The molecule has 0 unspecified atom stereocenters. The minimum Gasteiger partial charge on any atom is -0.423 e. The fraction of sp³-hybridized carbons (Fsp3) is 0.500. The van der Waals surface area contributed by atoms with Gasteiger partial charge in [-0.05, 0) is 29.4 Å². The third-order valence-corrected chi connectivity index (χ3v) is 2.45. The van der Waals surface area contributed by atoms with Crippen molar-refractivity contribution >= 4 is 12.6 Å². The van der Waals surface area contributed by atoms with Gasteiger partial charge in [-0.25, -0.2) is 0 Å². The lowest BCUT2D eigenvalue weighted by Gasteiger charge is -2.08. The summed E-state index contributed by atoms with van der Waals surface area (Å²) in [5.74, 6) is 0. The summed E-state index contributed by atoms with van der Waals surface area (Å²) in [5, 5.41) is 18.3. The van der Waals surface area contributed by atoms with E-state index in [9.17, 15) is 0 Å². The fourth-order valence-electron chi connectivity index (χ4n) is 1.81. The van der Waals surface area contributed by atoms with Gasteiger partial charge in [0.1, 0.15) is 0 Å². The number of hydrogen-bond acceptors (Lipinski definition) is 2. The van der Waals surface area contributed by atoms with E-state index in [-0.39, 0.29) is 0 Å². The van der Waals surface area contributed by atoms with Crippen LogP contribution in [0.15, 0.2) is 18.2 Å². The largest absolute Gasteiger partial charge is 0.488 e. The smallest absolute Gasteiger partial charge is 0.423 e. The summed E-state index contributed by atoms with van der Waals surface area (Å²) in [4.78, 5) is 0. The van der Waals surface area contributed by atoms with E-state index in [0.717, 1.165) is 25.7 Å². The van der Waals surface area contributed by atoms with E-state index in [4.69, 9.17) is 10.0 Å². The average molecular weight is 206 g/mol. The van der Waals surface area contributed by atoms with Gasteiger partial charge < -0.3 is 10.0 Å². The molecule has 0 spiro atoms. The van der Waals surface area contributed by atoms with Gasteiger partial charge in [0.05, 0.1) is 0 Å². The molecule has 3 heteroatoms. The lowest BCUT2D eigenvalue weighted by molar-refractivity contribution is 0.425. The molecule has 0 aliphatic carbocycles. The normalized spacial score (nSPS) is 10.4. The maximum Gasteiger partial charge on any atom is 0.488 e. The molecule has 0 fully saturated rings. The number of rotatable bonds is 5. The summed E-state index contributed by atoms with van der Waals surface area (Å²) in [7, 11) is -1.35. The van der Waals surface area contributed by atoms with Crippen LogP contribution in [0.25, 0.3) is 0 Å². The molecule has 1 rings (SSSR count). The minimum absolute atomic E-state index is 0.615. The minimum atomic E-state index is -1.35. The van der Waals surface area contributed by atoms with Gasteiger partial charge in [0.25, 0.3) is 0 Å². The quantitative estimate of drug-likeness (QED) is 0.712. The zero-order valence-corrected chi connectivity index (χ0v) is 9.53. The van der Waals surface area contributed by atoms with Crippen LogP contribution in [0.3, 0.4) is 0 Å². The van der Waals surface area contributed by atoms with Crippen molar-refractivity contribution in [1.29, 1.82) is 0 Å². The molecule has 0 amide bonds. The van der Waals surface area contributed by atoms with Gasteiger partial charge in [-0.2, -0.15) is 0 Å². The lowest BCUT2D eigenvalue weighted by Crippen LogP contribution is -2.30. The molecule has 0 radical (unpaired) electrons. The van der Waals surface area contributed by atoms with E-state index in [0.29, 0.717) is 5.46 Å². The number of benzene rings is 1. The molecule has 0 saturated heterocycles. The first-order valence-electron chi connectivity index (χ1n) is 5.66. The topological polar surface area (TPSA) is 40.5 Å². The molecular formula is C12H19BO2. The summed E-state index contributed by atoms with van der Waals surface area (Å²) < 4.78 is 0. The van der Waals surface area contributed by atoms with Gasteiger partial charge in [0.2, 0.25) is 0 Å². The standard InChI is InChI=1S/C12H19BO2/c1-3-5-10-7-11(6-4-2)9-12(8-10)13(14)15/h7-9,14-15H,3-6H2,1-2H3. The van der Waals surface area contributed by atoms with Gasteiger partial charge in [-0.1, -0.05) is 44.9 Å². The van der Waals surface area contributed by atoms with E-state index < -0.39 is 7.12 Å². The van der Waals surface area contributed by atoms with Gasteiger partial charge >= 0.3 is 7.12 Å². The van der Waals surface area contributed by atoms with Crippen LogP contribution in [-0.4, -0.2) is 17.2 Å². The van der Waals surface area contributed by atoms with E-state index >= 15 is 0 Å². The number of aryl methyl sites for hydroxylation is 2. The molecule has 0 atom stereocenters. The monoisotopic (exact) mass is 206 g/mol. The second kappa shape index (κ2) is 5.94. The lowest BCUT2D eigenvalue weighted by atomic mass is 9.78. The van der Waals surface area contributed by atoms with Crippen molar-refractivity contribution < 1.29 is 10.0 Å². The molecule has 1 aromatic carbocycles. The first kappa shape index (κ1) is 12.3. The van der Waals surface area contributed by atoms with Crippen LogP contribution in [-0.2, 0) is 12.8 Å². The van der Waals surface area contributed by atoms with E-state index in [1.165, 1.54) is 11.1 Å². The van der Waals surface area contributed by atoms with Gasteiger partial charge in [0.15, 0.2) is 0 Å². The first-order chi connectivity index (χ1) is 7.17. The van der Waals surface area contributed by atoms with Crippen molar-refractivity contribution in [2.75, 3.05) is 0 Å². The molecular weight excluding hydrogens is 187 g/mol. The Balaban J connectivity index is 2.97. The Morgan fingerprint density at radius 1 is 0.933 bits per heavy atom. The summed E-state index contributed by atoms with van der Waals surface area (Å²) in [5.41, 5.74) is 3.02. The Hall–Kier alpha value is -0.795. The predicted molar refractivity (Wildman–Crippen MR) is 64.3 cm³/mol. The SMILES string of the molecule is CCCc1cc(CCC)cc(B(O)O)c1. The molecule has 82 valence electrons. The molecule has 0 bridgehead atoms. The van der Waals surface area contributed by atoms with Crippen molar-refractivity contribution in [1.82, 2.24) is 0 Å². The van der Waals surface area contributed by atoms with Crippen LogP contribution in [0.4, 0.5) is 0 Å². The van der Waals surface area contributed by atoms with E-state index in [1.54, 1.807) is 0 Å². The summed E-state index contributed by atoms with van der Waals surface area (Å²) >= 11 is 0. The van der Waals surface area contributed by atoms with Crippen molar-refractivity contribution in [3.8, 4) is 0 Å². The molecule has 0 heterocycles. The van der Waals surface area contributed by atoms with E-state index in [2.05, 4.69) is 19.9 Å². The fourth-order valence-corrected chi connectivity index (χ4v) is 1.81.